The van der Waals surface area contributed by atoms with Gasteiger partial charge in [0.05, 0.1) is 11.6 Å². The largest absolute Gasteiger partial charge is 0.346 e. The summed E-state index contributed by atoms with van der Waals surface area (Å²) < 4.78 is 13.8. The smallest absolute Gasteiger partial charge is 0.223 e. The normalized spacial score (nSPS) is 18.5. The van der Waals surface area contributed by atoms with Crippen LogP contribution >= 0.6 is 0 Å². The molecule has 1 unspecified atom stereocenters. The molecule has 2 aromatic rings. The van der Waals surface area contributed by atoms with Crippen LogP contribution < -0.4 is 5.32 Å². The fourth-order valence-corrected chi connectivity index (χ4v) is 3.72. The van der Waals surface area contributed by atoms with E-state index >= 15 is 0 Å². The predicted molar refractivity (Wildman–Crippen MR) is 101 cm³/mol. The van der Waals surface area contributed by atoms with Crippen molar-refractivity contribution in [3.63, 3.8) is 0 Å². The van der Waals surface area contributed by atoms with Crippen molar-refractivity contribution >= 4 is 22.8 Å². The van der Waals surface area contributed by atoms with E-state index < -0.39 is 11.9 Å². The van der Waals surface area contributed by atoms with Crippen LogP contribution in [-0.4, -0.2) is 39.3 Å². The molecule has 1 saturated heterocycles. The minimum Gasteiger partial charge on any atom is -0.346 e. The summed E-state index contributed by atoms with van der Waals surface area (Å²) in [5.74, 6) is -0.0556. The second-order valence-corrected chi connectivity index (χ2v) is 7.19. The number of rotatable bonds is 6. The number of nitrogens with one attached hydrogen (secondary N) is 2. The maximum Gasteiger partial charge on any atom is 0.223 e. The zero-order valence-corrected chi connectivity index (χ0v) is 15.9. The first kappa shape index (κ1) is 19.3. The quantitative estimate of drug-likeness (QED) is 0.813. The van der Waals surface area contributed by atoms with Gasteiger partial charge in [0, 0.05) is 25.4 Å². The molecule has 0 spiro atoms. The van der Waals surface area contributed by atoms with E-state index in [0.29, 0.717) is 17.4 Å². The van der Waals surface area contributed by atoms with Gasteiger partial charge in [0.1, 0.15) is 11.3 Å². The first-order valence-electron chi connectivity index (χ1n) is 9.72. The number of hydrogen-bond donors (Lipinski definition) is 2. The summed E-state index contributed by atoms with van der Waals surface area (Å²) in [5, 5.41) is 2.83. The van der Waals surface area contributed by atoms with Crippen LogP contribution in [0.25, 0.3) is 11.0 Å². The molecule has 0 saturated carbocycles. The Kier molecular flexibility index (Phi) is 6.08. The first-order chi connectivity index (χ1) is 13.0. The number of halogens is 1. The minimum atomic E-state index is -0.397. The number of likely N-dealkylation sites (tertiary alicyclic amines) is 1. The van der Waals surface area contributed by atoms with Gasteiger partial charge in [0.2, 0.25) is 11.8 Å². The molecule has 2 heterocycles. The number of imidazole rings is 1. The monoisotopic (exact) mass is 374 g/mol. The van der Waals surface area contributed by atoms with Crippen LogP contribution in [0.3, 0.4) is 0 Å². The molecule has 2 atom stereocenters. The fourth-order valence-electron chi connectivity index (χ4n) is 3.72. The first-order valence-corrected chi connectivity index (χ1v) is 9.72. The van der Waals surface area contributed by atoms with Gasteiger partial charge in [-0.05, 0) is 44.7 Å². The molecule has 146 valence electrons. The van der Waals surface area contributed by atoms with Crippen LogP contribution in [0.5, 0.6) is 0 Å². The molecular weight excluding hydrogens is 347 g/mol. The lowest BCUT2D eigenvalue weighted by atomic mass is 9.99. The fraction of sp³-hybridized carbons (Fsp3) is 0.550. The van der Waals surface area contributed by atoms with Crippen LogP contribution in [0.15, 0.2) is 18.2 Å². The zero-order chi connectivity index (χ0) is 19.4. The van der Waals surface area contributed by atoms with Gasteiger partial charge in [0.15, 0.2) is 5.82 Å². The van der Waals surface area contributed by atoms with E-state index in [9.17, 15) is 14.0 Å². The van der Waals surface area contributed by atoms with Gasteiger partial charge in [-0.2, -0.15) is 0 Å². The van der Waals surface area contributed by atoms with Crippen LogP contribution in [0.4, 0.5) is 4.39 Å². The van der Waals surface area contributed by atoms with E-state index in [-0.39, 0.29) is 30.2 Å². The summed E-state index contributed by atoms with van der Waals surface area (Å²) >= 11 is 0. The van der Waals surface area contributed by atoms with Crippen molar-refractivity contribution in [1.82, 2.24) is 20.2 Å². The van der Waals surface area contributed by atoms with Gasteiger partial charge in [-0.15, -0.1) is 0 Å². The number of amides is 2. The molecule has 7 heteroatoms. The van der Waals surface area contributed by atoms with E-state index in [2.05, 4.69) is 22.2 Å². The zero-order valence-electron chi connectivity index (χ0n) is 15.9. The molecule has 0 aliphatic carbocycles. The highest BCUT2D eigenvalue weighted by Gasteiger charge is 2.25. The topological polar surface area (TPSA) is 78.1 Å². The highest BCUT2D eigenvalue weighted by Crippen LogP contribution is 2.21. The van der Waals surface area contributed by atoms with E-state index in [4.69, 9.17) is 0 Å². The van der Waals surface area contributed by atoms with Crippen molar-refractivity contribution in [2.75, 3.05) is 6.54 Å². The third kappa shape index (κ3) is 4.46. The lowest BCUT2D eigenvalue weighted by molar-refractivity contribution is -0.137. The second kappa shape index (κ2) is 8.50. The molecule has 1 aromatic heterocycles. The molecule has 0 radical (unpaired) electrons. The Morgan fingerprint density at radius 2 is 2.19 bits per heavy atom. The Labute approximate surface area is 158 Å². The Morgan fingerprint density at radius 1 is 1.37 bits per heavy atom. The van der Waals surface area contributed by atoms with Gasteiger partial charge in [-0.1, -0.05) is 13.0 Å². The third-order valence-electron chi connectivity index (χ3n) is 5.25. The molecule has 6 nitrogen and oxygen atoms in total. The number of aromatic amines is 1. The lowest BCUT2D eigenvalue weighted by Crippen LogP contribution is -2.43. The number of aromatic nitrogens is 2. The van der Waals surface area contributed by atoms with Crippen molar-refractivity contribution < 1.29 is 14.0 Å². The summed E-state index contributed by atoms with van der Waals surface area (Å²) in [6, 6.07) is 4.62. The van der Waals surface area contributed by atoms with Crippen molar-refractivity contribution in [2.24, 2.45) is 0 Å². The molecule has 27 heavy (non-hydrogen) atoms. The van der Waals surface area contributed by atoms with E-state index in [1.54, 1.807) is 19.1 Å². The predicted octanol–water partition coefficient (Wildman–Crippen LogP) is 3.45. The van der Waals surface area contributed by atoms with Gasteiger partial charge in [-0.25, -0.2) is 9.37 Å². The second-order valence-electron chi connectivity index (χ2n) is 7.19. The van der Waals surface area contributed by atoms with Gasteiger partial charge in [0.25, 0.3) is 0 Å². The van der Waals surface area contributed by atoms with Crippen molar-refractivity contribution in [3.05, 3.63) is 29.8 Å². The Hall–Kier alpha value is -2.44. The maximum atomic E-state index is 13.8. The van der Waals surface area contributed by atoms with Gasteiger partial charge >= 0.3 is 0 Å². The summed E-state index contributed by atoms with van der Waals surface area (Å²) in [7, 11) is 0. The van der Waals surface area contributed by atoms with Crippen LogP contribution in [0, 0.1) is 5.82 Å². The minimum absolute atomic E-state index is 0.0511. The lowest BCUT2D eigenvalue weighted by Gasteiger charge is -2.35. The Morgan fingerprint density at radius 3 is 2.93 bits per heavy atom. The molecule has 1 aliphatic heterocycles. The van der Waals surface area contributed by atoms with Gasteiger partial charge in [-0.3, -0.25) is 9.59 Å². The van der Waals surface area contributed by atoms with E-state index in [1.807, 2.05) is 4.90 Å². The van der Waals surface area contributed by atoms with Crippen LogP contribution in [0.2, 0.25) is 0 Å². The maximum absolute atomic E-state index is 13.8. The van der Waals surface area contributed by atoms with E-state index in [1.165, 1.54) is 12.5 Å². The molecule has 0 bridgehead atoms. The summed E-state index contributed by atoms with van der Waals surface area (Å²) in [6.07, 6.45) is 4.56. The number of hydrogen-bond acceptors (Lipinski definition) is 3. The molecule has 3 rings (SSSR count). The molecular formula is C20H27FN4O2. The number of para-hydroxylation sites is 1. The molecule has 2 amide bonds. The van der Waals surface area contributed by atoms with Crippen LogP contribution in [-0.2, 0) is 9.59 Å². The average Bonchev–Trinajstić information content (AvgIpc) is 3.12. The number of H-pyrrole nitrogens is 1. The van der Waals surface area contributed by atoms with E-state index in [0.717, 1.165) is 25.8 Å². The average molecular weight is 374 g/mol. The number of piperidine rings is 1. The highest BCUT2D eigenvalue weighted by atomic mass is 19.1. The molecule has 1 fully saturated rings. The van der Waals surface area contributed by atoms with Crippen molar-refractivity contribution in [2.45, 2.75) is 64.5 Å². The summed E-state index contributed by atoms with van der Waals surface area (Å²) in [5.41, 5.74) is 0.858. The number of carbonyl (C=O) groups excluding carboxylic acids is 2. The van der Waals surface area contributed by atoms with Gasteiger partial charge < -0.3 is 15.2 Å². The highest BCUT2D eigenvalue weighted by molar-refractivity contribution is 5.84. The number of nitrogens with zero attached hydrogens (tertiary/aromatic N) is 2. The Balaban J connectivity index is 1.53. The van der Waals surface area contributed by atoms with Crippen LogP contribution in [0.1, 0.15) is 64.2 Å². The van der Waals surface area contributed by atoms with Crippen molar-refractivity contribution in [3.8, 4) is 0 Å². The van der Waals surface area contributed by atoms with Crippen molar-refractivity contribution in [1.29, 1.82) is 0 Å². The molecule has 1 aromatic carbocycles. The molecule has 1 aliphatic rings. The number of carbonyl (C=O) groups is 2. The number of fused-ring (bicyclic) bond motifs is 1. The summed E-state index contributed by atoms with van der Waals surface area (Å²) in [6.45, 7) is 4.67. The SMILES string of the molecule is CCC1CCCCN1C(=O)CCC(=O)N[C@@H](C)c1nc2c(F)cccc2[nH]1. The molecule has 2 N–H and O–H groups in total. The standard InChI is InChI=1S/C20H27FN4O2/c1-3-14-7-4-5-12-25(14)18(27)11-10-17(26)22-13(2)20-23-16-9-6-8-15(21)19(16)24-20/h6,8-9,13-14H,3-5,7,10-12H2,1-2H3,(H,22,26)(H,23,24)/t13-,14?/m0/s1. The third-order valence-corrected chi connectivity index (χ3v) is 5.25. The number of benzene rings is 1. The summed E-state index contributed by atoms with van der Waals surface area (Å²) in [4.78, 5) is 33.9. The Bertz CT molecular complexity index is 819.